The number of aryl methyl sites for hydroxylation is 1. The molecule has 0 saturated carbocycles. The molecule has 1 fully saturated rings. The van der Waals surface area contributed by atoms with Crippen molar-refractivity contribution in [2.75, 3.05) is 13.1 Å². The lowest BCUT2D eigenvalue weighted by Gasteiger charge is -2.27. The zero-order chi connectivity index (χ0) is 15.1. The smallest absolute Gasteiger partial charge is 0.230 e. The van der Waals surface area contributed by atoms with Crippen LogP contribution in [0.4, 0.5) is 0 Å². The zero-order valence-corrected chi connectivity index (χ0v) is 13.3. The molecule has 1 aliphatic heterocycles. The van der Waals surface area contributed by atoms with Gasteiger partial charge in [-0.1, -0.05) is 41.2 Å². The second-order valence-electron chi connectivity index (χ2n) is 5.80. The van der Waals surface area contributed by atoms with Gasteiger partial charge in [0, 0.05) is 0 Å². The predicted octanol–water partition coefficient (Wildman–Crippen LogP) is 2.99. The van der Waals surface area contributed by atoms with Gasteiger partial charge in [-0.25, -0.2) is 4.98 Å². The van der Waals surface area contributed by atoms with Gasteiger partial charge in [0.15, 0.2) is 0 Å². The van der Waals surface area contributed by atoms with E-state index in [-0.39, 0.29) is 11.9 Å². The molecule has 1 aliphatic rings. The Labute approximate surface area is 132 Å². The minimum Gasteiger partial charge on any atom is -0.492 e. The van der Waals surface area contributed by atoms with Crippen molar-refractivity contribution < 1.29 is 5.11 Å². The maximum absolute atomic E-state index is 10.6. The Morgan fingerprint density at radius 1 is 1.27 bits per heavy atom. The highest BCUT2D eigenvalue weighted by molar-refractivity contribution is 7.17. The van der Waals surface area contributed by atoms with Gasteiger partial charge in [0.05, 0.1) is 10.9 Å². The van der Waals surface area contributed by atoms with Crippen LogP contribution in [0.2, 0.25) is 0 Å². The zero-order valence-electron chi connectivity index (χ0n) is 12.4. The van der Waals surface area contributed by atoms with Crippen LogP contribution >= 0.6 is 11.3 Å². The number of aromatic hydroxyl groups is 1. The van der Waals surface area contributed by atoms with Gasteiger partial charge in [-0.15, -0.1) is 0 Å². The third-order valence-electron chi connectivity index (χ3n) is 4.25. The molecule has 4 rings (SSSR count). The molecule has 114 valence electrons. The number of hydrogen-bond acceptors (Lipinski definition) is 5. The third kappa shape index (κ3) is 2.19. The predicted molar refractivity (Wildman–Crippen MR) is 86.4 cm³/mol. The molecule has 0 amide bonds. The van der Waals surface area contributed by atoms with Crippen LogP contribution in [0.1, 0.15) is 34.9 Å². The van der Waals surface area contributed by atoms with Crippen molar-refractivity contribution in [3.8, 4) is 5.88 Å². The van der Waals surface area contributed by atoms with Crippen LogP contribution in [0.5, 0.6) is 5.88 Å². The van der Waals surface area contributed by atoms with Crippen LogP contribution in [0.15, 0.2) is 30.6 Å². The molecule has 0 aliphatic carbocycles. The van der Waals surface area contributed by atoms with Crippen molar-refractivity contribution in [3.05, 3.63) is 46.6 Å². The van der Waals surface area contributed by atoms with Crippen molar-refractivity contribution in [2.24, 2.45) is 0 Å². The monoisotopic (exact) mass is 314 g/mol. The van der Waals surface area contributed by atoms with Crippen molar-refractivity contribution in [2.45, 2.75) is 25.8 Å². The molecule has 1 unspecified atom stereocenters. The number of thiazole rings is 1. The number of rotatable bonds is 3. The maximum atomic E-state index is 10.6. The van der Waals surface area contributed by atoms with E-state index in [1.807, 2.05) is 0 Å². The maximum Gasteiger partial charge on any atom is 0.230 e. The molecule has 0 bridgehead atoms. The number of benzene rings is 1. The van der Waals surface area contributed by atoms with E-state index in [0.717, 1.165) is 22.9 Å². The van der Waals surface area contributed by atoms with Crippen molar-refractivity contribution in [1.29, 1.82) is 0 Å². The highest BCUT2D eigenvalue weighted by Crippen LogP contribution is 2.40. The summed E-state index contributed by atoms with van der Waals surface area (Å²) in [5.41, 5.74) is 2.46. The van der Waals surface area contributed by atoms with Crippen LogP contribution in [0.3, 0.4) is 0 Å². The number of nitrogens with zero attached hydrogens (tertiary/aromatic N) is 4. The van der Waals surface area contributed by atoms with Gasteiger partial charge in [-0.05, 0) is 38.4 Å². The Hall–Kier alpha value is -1.92. The lowest BCUT2D eigenvalue weighted by molar-refractivity contribution is 0.277. The highest BCUT2D eigenvalue weighted by Gasteiger charge is 2.30. The minimum absolute atomic E-state index is 0.0795. The Balaban J connectivity index is 1.86. The largest absolute Gasteiger partial charge is 0.492 e. The van der Waals surface area contributed by atoms with Gasteiger partial charge in [-0.3, -0.25) is 4.90 Å². The minimum atomic E-state index is 0.0795. The summed E-state index contributed by atoms with van der Waals surface area (Å²) in [6.45, 7) is 4.23. The van der Waals surface area contributed by atoms with E-state index >= 15 is 0 Å². The molecule has 0 radical (unpaired) electrons. The van der Waals surface area contributed by atoms with Crippen molar-refractivity contribution in [1.82, 2.24) is 19.5 Å². The van der Waals surface area contributed by atoms with E-state index in [9.17, 15) is 5.11 Å². The fourth-order valence-electron chi connectivity index (χ4n) is 3.24. The Bertz CT molecular complexity index is 803. The van der Waals surface area contributed by atoms with Crippen molar-refractivity contribution >= 4 is 16.3 Å². The lowest BCUT2D eigenvalue weighted by Crippen LogP contribution is -2.26. The van der Waals surface area contributed by atoms with E-state index in [1.54, 1.807) is 0 Å². The molecular formula is C16H18N4OS. The van der Waals surface area contributed by atoms with Gasteiger partial charge in [0.1, 0.15) is 6.33 Å². The first kappa shape index (κ1) is 13.7. The SMILES string of the molecule is Cc1cccc(C(c2sc3ncnn3c2O)N2CCCC2)c1. The topological polar surface area (TPSA) is 53.7 Å². The molecule has 0 spiro atoms. The average molecular weight is 314 g/mol. The Morgan fingerprint density at radius 2 is 2.09 bits per heavy atom. The van der Waals surface area contributed by atoms with Crippen LogP contribution in [-0.4, -0.2) is 37.7 Å². The van der Waals surface area contributed by atoms with E-state index in [1.165, 1.54) is 46.1 Å². The van der Waals surface area contributed by atoms with Crippen LogP contribution in [0.25, 0.3) is 4.96 Å². The first-order chi connectivity index (χ1) is 10.7. The average Bonchev–Trinajstić information content (AvgIpc) is 3.21. The van der Waals surface area contributed by atoms with Gasteiger partial charge in [0.25, 0.3) is 0 Å². The number of hydrogen-bond donors (Lipinski definition) is 1. The van der Waals surface area contributed by atoms with Gasteiger partial charge in [-0.2, -0.15) is 9.61 Å². The molecule has 2 aromatic heterocycles. The molecule has 3 heterocycles. The normalized spacial score (nSPS) is 17.3. The number of aromatic nitrogens is 3. The molecule has 1 aromatic carbocycles. The van der Waals surface area contributed by atoms with Gasteiger partial charge >= 0.3 is 0 Å². The summed E-state index contributed by atoms with van der Waals surface area (Å²) in [6.07, 6.45) is 3.90. The van der Waals surface area contributed by atoms with E-state index in [4.69, 9.17) is 0 Å². The van der Waals surface area contributed by atoms with Gasteiger partial charge in [0.2, 0.25) is 10.8 Å². The Kier molecular flexibility index (Phi) is 3.35. The second kappa shape index (κ2) is 5.37. The van der Waals surface area contributed by atoms with Gasteiger partial charge < -0.3 is 5.11 Å². The molecule has 1 N–H and O–H groups in total. The molecule has 5 nitrogen and oxygen atoms in total. The highest BCUT2D eigenvalue weighted by atomic mass is 32.1. The summed E-state index contributed by atoms with van der Waals surface area (Å²) >= 11 is 1.52. The van der Waals surface area contributed by atoms with Crippen LogP contribution in [0, 0.1) is 6.92 Å². The molecule has 1 atom stereocenters. The lowest BCUT2D eigenvalue weighted by atomic mass is 10.0. The summed E-state index contributed by atoms with van der Waals surface area (Å²) in [7, 11) is 0. The molecule has 1 saturated heterocycles. The number of likely N-dealkylation sites (tertiary alicyclic amines) is 1. The van der Waals surface area contributed by atoms with Crippen LogP contribution in [-0.2, 0) is 0 Å². The Morgan fingerprint density at radius 3 is 2.82 bits per heavy atom. The second-order valence-corrected chi connectivity index (χ2v) is 6.81. The summed E-state index contributed by atoms with van der Waals surface area (Å²) in [4.78, 5) is 8.33. The summed E-state index contributed by atoms with van der Waals surface area (Å²) in [5, 5.41) is 14.7. The fraction of sp³-hybridized carbons (Fsp3) is 0.375. The molecule has 3 aromatic rings. The molecular weight excluding hydrogens is 296 g/mol. The standard InChI is InChI=1S/C16H18N4OS/c1-11-5-4-6-12(9-11)13(19-7-2-3-8-19)14-15(21)20-16(22-14)17-10-18-20/h4-6,9-10,13,21H,2-3,7-8H2,1H3. The first-order valence-electron chi connectivity index (χ1n) is 7.56. The summed E-state index contributed by atoms with van der Waals surface area (Å²) < 4.78 is 1.53. The van der Waals surface area contributed by atoms with E-state index in [2.05, 4.69) is 46.2 Å². The molecule has 6 heteroatoms. The summed E-state index contributed by atoms with van der Waals surface area (Å²) in [5.74, 6) is 0.218. The summed E-state index contributed by atoms with van der Waals surface area (Å²) in [6, 6.07) is 8.62. The molecule has 22 heavy (non-hydrogen) atoms. The van der Waals surface area contributed by atoms with E-state index < -0.39 is 0 Å². The fourth-order valence-corrected chi connectivity index (χ4v) is 4.33. The third-order valence-corrected chi connectivity index (χ3v) is 5.34. The van der Waals surface area contributed by atoms with E-state index in [0.29, 0.717) is 0 Å². The number of fused-ring (bicyclic) bond motifs is 1. The first-order valence-corrected chi connectivity index (χ1v) is 8.37. The van der Waals surface area contributed by atoms with Crippen LogP contribution < -0.4 is 0 Å². The quantitative estimate of drug-likeness (QED) is 0.807. The van der Waals surface area contributed by atoms with Crippen molar-refractivity contribution in [3.63, 3.8) is 0 Å².